The zero-order valence-electron chi connectivity index (χ0n) is 4.15. The monoisotopic (exact) mass is 358 g/mol. The Morgan fingerprint density at radius 2 is 1.00 bits per heavy atom. The first-order valence-electron chi connectivity index (χ1n) is 1.50. The molecule has 0 spiro atoms. The SMILES string of the molecule is C[C](C)C.[I-].[Yb]. The van der Waals surface area contributed by atoms with Crippen molar-refractivity contribution >= 4 is 0 Å². The van der Waals surface area contributed by atoms with Crippen LogP contribution in [-0.4, -0.2) is 0 Å². The maximum absolute atomic E-state index is 2.08. The van der Waals surface area contributed by atoms with Crippen LogP contribution in [0.1, 0.15) is 20.8 Å². The minimum Gasteiger partial charge on any atom is -1.00 e. The number of hydrogen-bond donors (Lipinski definition) is 0. The van der Waals surface area contributed by atoms with E-state index >= 15 is 0 Å². The third kappa shape index (κ3) is 34.0. The molecule has 0 atom stereocenters. The quantitative estimate of drug-likeness (QED) is 0.470. The topological polar surface area (TPSA) is 0 Å². The van der Waals surface area contributed by atoms with Crippen molar-refractivity contribution in [2.75, 3.05) is 0 Å². The van der Waals surface area contributed by atoms with Gasteiger partial charge < -0.3 is 24.0 Å². The van der Waals surface area contributed by atoms with Gasteiger partial charge in [0.25, 0.3) is 0 Å². The Labute approximate surface area is 95.7 Å². The molecule has 2 heteroatoms. The van der Waals surface area contributed by atoms with E-state index in [-0.39, 0.29) is 70.9 Å². The van der Waals surface area contributed by atoms with Crippen molar-refractivity contribution in [2.24, 2.45) is 0 Å². The van der Waals surface area contributed by atoms with Crippen LogP contribution >= 0.6 is 0 Å². The molecule has 0 unspecified atom stereocenters. The molecule has 1 radical (unpaired) electrons. The van der Waals surface area contributed by atoms with Crippen LogP contribution in [0.3, 0.4) is 0 Å². The molecule has 0 rings (SSSR count). The molecule has 0 aromatic carbocycles. The average Bonchev–Trinajstić information content (AvgIpc) is 0.811. The van der Waals surface area contributed by atoms with E-state index in [0.29, 0.717) is 0 Å². The van der Waals surface area contributed by atoms with Crippen LogP contribution in [0, 0.1) is 52.8 Å². The van der Waals surface area contributed by atoms with Gasteiger partial charge in [-0.25, -0.2) is 0 Å². The minimum absolute atomic E-state index is 0. The first-order chi connectivity index (χ1) is 1.73. The number of hydrogen-bond acceptors (Lipinski definition) is 0. The molecule has 0 fully saturated rings. The van der Waals surface area contributed by atoms with E-state index in [1.54, 1.807) is 0 Å². The van der Waals surface area contributed by atoms with E-state index in [4.69, 9.17) is 0 Å². The Kier molecular flexibility index (Phi) is 26.9. The largest absolute Gasteiger partial charge is 1.00 e. The van der Waals surface area contributed by atoms with E-state index < -0.39 is 0 Å². The van der Waals surface area contributed by atoms with E-state index in [2.05, 4.69) is 20.8 Å². The summed E-state index contributed by atoms with van der Waals surface area (Å²) in [5, 5.41) is 0. The van der Waals surface area contributed by atoms with E-state index in [0.717, 1.165) is 0 Å². The number of halogens is 1. The molecule has 0 saturated carbocycles. The van der Waals surface area contributed by atoms with Gasteiger partial charge in [-0.15, -0.1) is 0 Å². The average molecular weight is 357 g/mol. The summed E-state index contributed by atoms with van der Waals surface area (Å²) >= 11 is 0. The van der Waals surface area contributed by atoms with Crippen LogP contribution in [0.4, 0.5) is 0 Å². The van der Waals surface area contributed by atoms with Gasteiger partial charge in [0.1, 0.15) is 0 Å². The third-order valence-electron chi connectivity index (χ3n) is 0. The fourth-order valence-electron chi connectivity index (χ4n) is 0. The van der Waals surface area contributed by atoms with Gasteiger partial charge in [-0.1, -0.05) is 20.8 Å². The summed E-state index contributed by atoms with van der Waals surface area (Å²) in [4.78, 5) is 0. The van der Waals surface area contributed by atoms with Gasteiger partial charge in [-0.2, -0.15) is 0 Å². The summed E-state index contributed by atoms with van der Waals surface area (Å²) in [5.74, 6) is 1.42. The van der Waals surface area contributed by atoms with Crippen molar-refractivity contribution in [3.8, 4) is 0 Å². The van der Waals surface area contributed by atoms with Crippen LogP contribution in [0.25, 0.3) is 0 Å². The predicted octanol–water partition coefficient (Wildman–Crippen LogP) is -1.38. The fourth-order valence-corrected chi connectivity index (χ4v) is 0. The van der Waals surface area contributed by atoms with Gasteiger partial charge in [0.05, 0.1) is 0 Å². The van der Waals surface area contributed by atoms with Gasteiger partial charge in [0.2, 0.25) is 0 Å². The Balaban J connectivity index is -0.0000000450. The molecular weight excluding hydrogens is 348 g/mol. The van der Waals surface area contributed by atoms with E-state index in [9.17, 15) is 0 Å². The van der Waals surface area contributed by atoms with Gasteiger partial charge in [-0.05, 0) is 5.92 Å². The molecule has 0 saturated heterocycles. The summed E-state index contributed by atoms with van der Waals surface area (Å²) < 4.78 is 0. The zero-order valence-corrected chi connectivity index (χ0v) is 8.02. The molecule has 0 bridgehead atoms. The Morgan fingerprint density at radius 1 is 1.00 bits per heavy atom. The van der Waals surface area contributed by atoms with Crippen molar-refractivity contribution in [3.05, 3.63) is 5.92 Å². The van der Waals surface area contributed by atoms with Crippen molar-refractivity contribution in [2.45, 2.75) is 20.8 Å². The van der Waals surface area contributed by atoms with Crippen molar-refractivity contribution in [1.29, 1.82) is 0 Å². The van der Waals surface area contributed by atoms with Crippen molar-refractivity contribution < 1.29 is 70.9 Å². The smallest absolute Gasteiger partial charge is 0 e. The van der Waals surface area contributed by atoms with Gasteiger partial charge >= 0.3 is 0 Å². The standard InChI is InChI=1S/C4H9.HI.Yb/c1-4(2)3;;/h1-3H3;1H;/p-1. The first-order valence-corrected chi connectivity index (χ1v) is 1.50. The molecule has 6 heavy (non-hydrogen) atoms. The van der Waals surface area contributed by atoms with Crippen LogP contribution < -0.4 is 24.0 Å². The molecule has 47 valence electrons. The van der Waals surface area contributed by atoms with Crippen LogP contribution in [-0.2, 0) is 0 Å². The zero-order chi connectivity index (χ0) is 3.58. The molecule has 0 aromatic heterocycles. The van der Waals surface area contributed by atoms with Gasteiger partial charge in [0, 0.05) is 46.9 Å². The first kappa shape index (κ1) is 15.7. The third-order valence-corrected chi connectivity index (χ3v) is 0. The second-order valence-corrected chi connectivity index (χ2v) is 1.50. The molecule has 0 aliphatic carbocycles. The van der Waals surface area contributed by atoms with Crippen LogP contribution in [0.15, 0.2) is 0 Å². The van der Waals surface area contributed by atoms with Crippen molar-refractivity contribution in [1.82, 2.24) is 0 Å². The normalized spacial score (nSPS) is 6.00. The summed E-state index contributed by atoms with van der Waals surface area (Å²) in [6.07, 6.45) is 0. The summed E-state index contributed by atoms with van der Waals surface area (Å²) in [6.45, 7) is 6.25. The minimum atomic E-state index is 0. The van der Waals surface area contributed by atoms with Gasteiger partial charge in [0.15, 0.2) is 0 Å². The maximum Gasteiger partial charge on any atom is 0 e. The molecule has 0 aromatic rings. The molecule has 0 nitrogen and oxygen atoms in total. The maximum atomic E-state index is 2.08. The van der Waals surface area contributed by atoms with Crippen LogP contribution in [0.2, 0.25) is 0 Å². The van der Waals surface area contributed by atoms with Gasteiger partial charge in [-0.3, -0.25) is 0 Å². The molecule has 0 N–H and O–H groups in total. The van der Waals surface area contributed by atoms with Crippen LogP contribution in [0.5, 0.6) is 0 Å². The summed E-state index contributed by atoms with van der Waals surface area (Å²) in [5.41, 5.74) is 0. The number of rotatable bonds is 0. The molecule has 0 amide bonds. The molecular formula is C4H9IYb-. The molecule has 0 aliphatic rings. The van der Waals surface area contributed by atoms with Crippen molar-refractivity contribution in [3.63, 3.8) is 0 Å². The predicted molar refractivity (Wildman–Crippen MR) is 20.3 cm³/mol. The molecule has 0 heterocycles. The Morgan fingerprint density at radius 3 is 1.00 bits per heavy atom. The molecule has 0 aliphatic heterocycles. The van der Waals surface area contributed by atoms with E-state index in [1.165, 1.54) is 5.92 Å². The van der Waals surface area contributed by atoms with E-state index in [1.807, 2.05) is 0 Å². The summed E-state index contributed by atoms with van der Waals surface area (Å²) in [7, 11) is 0. The fraction of sp³-hybridized carbons (Fsp3) is 0.750. The Bertz CT molecular complexity index is 12.3. The second-order valence-electron chi connectivity index (χ2n) is 1.50. The summed E-state index contributed by atoms with van der Waals surface area (Å²) in [6, 6.07) is 0. The Hall–Kier alpha value is 2.25. The second kappa shape index (κ2) is 10.3.